The molecule has 1 aliphatic heterocycles. The van der Waals surface area contributed by atoms with Gasteiger partial charge in [0.25, 0.3) is 0 Å². The molecule has 0 saturated carbocycles. The molecule has 1 heterocycles. The maximum absolute atomic E-state index is 3.62. The lowest BCUT2D eigenvalue weighted by molar-refractivity contribution is 0.250. The van der Waals surface area contributed by atoms with Crippen LogP contribution < -0.4 is 0 Å². The van der Waals surface area contributed by atoms with Gasteiger partial charge < -0.3 is 9.80 Å². The molecule has 0 aromatic heterocycles. The van der Waals surface area contributed by atoms with Crippen molar-refractivity contribution >= 4 is 81.8 Å². The number of hydrogen-bond donors (Lipinski definition) is 0. The summed E-state index contributed by atoms with van der Waals surface area (Å²) in [6.07, 6.45) is 0. The molecule has 0 aliphatic carbocycles. The highest BCUT2D eigenvalue weighted by Crippen LogP contribution is 2.38. The summed E-state index contributed by atoms with van der Waals surface area (Å²) in [5, 5.41) is 0.274. The van der Waals surface area contributed by atoms with Gasteiger partial charge in [0, 0.05) is 13.1 Å². The molecule has 0 fully saturated rings. The molecule has 0 saturated heterocycles. The maximum atomic E-state index is 3.62. The fraction of sp³-hybridized carbons (Fsp3) is 0.714. The van der Waals surface area contributed by atoms with Crippen molar-refractivity contribution in [2.24, 2.45) is 0 Å². The van der Waals surface area contributed by atoms with Crippen molar-refractivity contribution in [2.75, 3.05) is 13.1 Å². The molecule has 0 N–H and O–H groups in total. The minimum absolute atomic E-state index is 0. The highest BCUT2D eigenvalue weighted by atomic mass is 79.9. The molecule has 0 amide bonds. The quantitative estimate of drug-likeness (QED) is 0.391. The number of hydrogen-bond acceptors (Lipinski definition) is 2. The van der Waals surface area contributed by atoms with Gasteiger partial charge in [-0.25, -0.2) is 0 Å². The molecule has 0 spiro atoms. The van der Waals surface area contributed by atoms with E-state index >= 15 is 0 Å². The Balaban J connectivity index is 0. The summed E-state index contributed by atoms with van der Waals surface area (Å²) in [5.41, 5.74) is 0. The Labute approximate surface area is 131 Å². The fourth-order valence-electron chi connectivity index (χ4n) is 1.17. The van der Waals surface area contributed by atoms with Gasteiger partial charge in [-0.05, 0) is 61.6 Å². The largest absolute Gasteiger partial charge is 0.335 e. The molecule has 14 heavy (non-hydrogen) atoms. The Morgan fingerprint density at radius 2 is 1.29 bits per heavy atom. The molecule has 0 bridgehead atoms. The van der Waals surface area contributed by atoms with Crippen molar-refractivity contribution in [1.82, 2.24) is 9.80 Å². The Bertz CT molecular complexity index is 188. The SMILES string of the molecule is Br.Br.CCN1C(Br)=C(Br)N(CC)C1Br. The number of nitrogens with zero attached hydrogens (tertiary/aromatic N) is 2. The van der Waals surface area contributed by atoms with Gasteiger partial charge >= 0.3 is 0 Å². The van der Waals surface area contributed by atoms with Crippen molar-refractivity contribution in [2.45, 2.75) is 18.9 Å². The zero-order valence-electron chi connectivity index (χ0n) is 7.84. The molecule has 2 nitrogen and oxygen atoms in total. The number of halogens is 5. The van der Waals surface area contributed by atoms with Crippen LogP contribution in [0.25, 0.3) is 0 Å². The van der Waals surface area contributed by atoms with E-state index in [1.807, 2.05) is 0 Å². The van der Waals surface area contributed by atoms with Crippen LogP contribution in [0.3, 0.4) is 0 Å². The van der Waals surface area contributed by atoms with Crippen LogP contribution in [-0.4, -0.2) is 28.0 Å². The first-order chi connectivity index (χ1) is 5.63. The van der Waals surface area contributed by atoms with E-state index in [0.29, 0.717) is 0 Å². The van der Waals surface area contributed by atoms with Gasteiger partial charge in [0.2, 0.25) is 0 Å². The van der Waals surface area contributed by atoms with Gasteiger partial charge in [0.05, 0.1) is 0 Å². The van der Waals surface area contributed by atoms with Crippen molar-refractivity contribution in [1.29, 1.82) is 0 Å². The molecule has 7 heteroatoms. The average molecular weight is 525 g/mol. The van der Waals surface area contributed by atoms with Crippen LogP contribution >= 0.6 is 81.8 Å². The van der Waals surface area contributed by atoms with Crippen LogP contribution in [0.4, 0.5) is 0 Å². The first-order valence-corrected chi connectivity index (χ1v) is 6.36. The topological polar surface area (TPSA) is 6.48 Å². The Hall–Kier alpha value is 1.74. The Morgan fingerprint density at radius 3 is 1.43 bits per heavy atom. The van der Waals surface area contributed by atoms with Crippen molar-refractivity contribution in [3.63, 3.8) is 0 Å². The summed E-state index contributed by atoms with van der Waals surface area (Å²) in [7, 11) is 0. The molecule has 0 radical (unpaired) electrons. The predicted molar refractivity (Wildman–Crippen MR) is 83.0 cm³/mol. The first kappa shape index (κ1) is 18.1. The second kappa shape index (κ2) is 7.92. The molecule has 0 aromatic rings. The lowest BCUT2D eigenvalue weighted by Crippen LogP contribution is -2.34. The van der Waals surface area contributed by atoms with Crippen LogP contribution in [-0.2, 0) is 0 Å². The summed E-state index contributed by atoms with van der Waals surface area (Å²) in [6, 6.07) is 0. The van der Waals surface area contributed by atoms with E-state index in [2.05, 4.69) is 71.4 Å². The summed E-state index contributed by atoms with van der Waals surface area (Å²) >= 11 is 10.7. The summed E-state index contributed by atoms with van der Waals surface area (Å²) in [4.78, 5) is 4.46. The minimum Gasteiger partial charge on any atom is -0.335 e. The summed E-state index contributed by atoms with van der Waals surface area (Å²) < 4.78 is 2.24. The third-order valence-corrected chi connectivity index (χ3v) is 5.05. The molecule has 0 aromatic carbocycles. The number of rotatable bonds is 2. The monoisotopic (exact) mass is 520 g/mol. The lowest BCUT2D eigenvalue weighted by atomic mass is 10.6. The zero-order valence-corrected chi connectivity index (χ0v) is 16.0. The van der Waals surface area contributed by atoms with Crippen molar-refractivity contribution in [3.05, 3.63) is 9.21 Å². The lowest BCUT2D eigenvalue weighted by Gasteiger charge is -2.27. The van der Waals surface area contributed by atoms with Gasteiger partial charge in [-0.15, -0.1) is 34.0 Å². The Kier molecular flexibility index (Phi) is 10.3. The highest BCUT2D eigenvalue weighted by molar-refractivity contribution is 9.14. The fourth-order valence-corrected chi connectivity index (χ4v) is 4.05. The van der Waals surface area contributed by atoms with Crippen molar-refractivity contribution in [3.8, 4) is 0 Å². The Morgan fingerprint density at radius 1 is 1.00 bits per heavy atom. The van der Waals surface area contributed by atoms with Gasteiger partial charge in [-0.1, -0.05) is 0 Å². The summed E-state index contributed by atoms with van der Waals surface area (Å²) in [5.74, 6) is 0. The molecule has 1 aliphatic rings. The molecular weight excluding hydrogens is 512 g/mol. The standard InChI is InChI=1S/C7H11Br3N2.2BrH/c1-3-11-5(8)6(9)12(4-2)7(11)10;;/h7H,3-4H2,1-2H3;2*1H. The van der Waals surface area contributed by atoms with Gasteiger partial charge in [-0.2, -0.15) is 0 Å². The smallest absolute Gasteiger partial charge is 0.160 e. The van der Waals surface area contributed by atoms with E-state index in [0.717, 1.165) is 22.3 Å². The van der Waals surface area contributed by atoms with Crippen LogP contribution in [0, 0.1) is 0 Å². The van der Waals surface area contributed by atoms with Gasteiger partial charge in [0.15, 0.2) is 5.08 Å². The molecule has 0 unspecified atom stereocenters. The van der Waals surface area contributed by atoms with E-state index < -0.39 is 0 Å². The first-order valence-electron chi connectivity index (χ1n) is 3.86. The predicted octanol–water partition coefficient (Wildman–Crippen LogP) is 4.39. The molecule has 86 valence electrons. The van der Waals surface area contributed by atoms with Crippen LogP contribution in [0.1, 0.15) is 13.8 Å². The zero-order chi connectivity index (χ0) is 9.30. The highest BCUT2D eigenvalue weighted by Gasteiger charge is 2.31. The third-order valence-electron chi connectivity index (χ3n) is 1.87. The molecule has 0 atom stereocenters. The second-order valence-corrected chi connectivity index (χ2v) is 4.79. The average Bonchev–Trinajstić information content (AvgIpc) is 2.25. The summed E-state index contributed by atoms with van der Waals surface area (Å²) in [6.45, 7) is 6.24. The third kappa shape index (κ3) is 3.37. The van der Waals surface area contributed by atoms with E-state index in [9.17, 15) is 0 Å². The van der Waals surface area contributed by atoms with Gasteiger partial charge in [-0.3, -0.25) is 0 Å². The minimum atomic E-state index is 0. The molecule has 1 rings (SSSR count). The van der Waals surface area contributed by atoms with E-state index in [-0.39, 0.29) is 39.0 Å². The van der Waals surface area contributed by atoms with Crippen LogP contribution in [0.5, 0.6) is 0 Å². The van der Waals surface area contributed by atoms with E-state index in [1.54, 1.807) is 0 Å². The normalized spacial score (nSPS) is 16.9. The van der Waals surface area contributed by atoms with Crippen molar-refractivity contribution < 1.29 is 0 Å². The maximum Gasteiger partial charge on any atom is 0.160 e. The van der Waals surface area contributed by atoms with Gasteiger partial charge in [0.1, 0.15) is 9.21 Å². The van der Waals surface area contributed by atoms with Crippen LogP contribution in [0.15, 0.2) is 9.21 Å². The molecular formula is C7H13Br5N2. The van der Waals surface area contributed by atoms with Crippen LogP contribution in [0.2, 0.25) is 0 Å². The number of alkyl halides is 1. The second-order valence-electron chi connectivity index (χ2n) is 2.46. The van der Waals surface area contributed by atoms with E-state index in [4.69, 9.17) is 0 Å². The van der Waals surface area contributed by atoms with E-state index in [1.165, 1.54) is 0 Å².